The highest BCUT2D eigenvalue weighted by Crippen LogP contribution is 2.58. The molecule has 0 bridgehead atoms. The van der Waals surface area contributed by atoms with E-state index in [2.05, 4.69) is 10.3 Å². The van der Waals surface area contributed by atoms with Crippen molar-refractivity contribution < 1.29 is 53.4 Å². The molecule has 0 saturated heterocycles. The summed E-state index contributed by atoms with van der Waals surface area (Å²) in [6, 6.07) is 3.52. The van der Waals surface area contributed by atoms with E-state index in [0.717, 1.165) is 24.3 Å². The van der Waals surface area contributed by atoms with E-state index in [-0.39, 0.29) is 37.3 Å². The number of halogens is 8. The van der Waals surface area contributed by atoms with Crippen molar-refractivity contribution in [2.45, 2.75) is 59.4 Å². The summed E-state index contributed by atoms with van der Waals surface area (Å²) in [5, 5.41) is 11.4. The van der Waals surface area contributed by atoms with Crippen LogP contribution in [0.4, 0.5) is 39.9 Å². The van der Waals surface area contributed by atoms with Crippen LogP contribution in [0.15, 0.2) is 41.3 Å². The van der Waals surface area contributed by atoms with Gasteiger partial charge < -0.3 is 10.4 Å². The number of hydrogen-bond donors (Lipinski definition) is 2. The van der Waals surface area contributed by atoms with Gasteiger partial charge in [-0.1, -0.05) is 6.07 Å². The van der Waals surface area contributed by atoms with Crippen molar-refractivity contribution in [2.75, 3.05) is 0 Å². The SMILES string of the molecule is O=C(O)NC1CCC2(S(=O)(=O)c3ccc(F)cc3)c3ccc(C(F)(C(F)(F)F)C(F)(F)F)nc3CCC12. The van der Waals surface area contributed by atoms with Gasteiger partial charge in [0.05, 0.1) is 10.6 Å². The fourth-order valence-electron chi connectivity index (χ4n) is 5.50. The second-order valence-corrected chi connectivity index (χ2v) is 11.1. The monoisotopic (exact) mass is 558 g/mol. The Labute approximate surface area is 204 Å². The van der Waals surface area contributed by atoms with Crippen molar-refractivity contribution in [3.8, 4) is 0 Å². The van der Waals surface area contributed by atoms with Crippen LogP contribution in [0, 0.1) is 11.7 Å². The van der Waals surface area contributed by atoms with Crippen LogP contribution < -0.4 is 5.32 Å². The molecule has 1 amide bonds. The number of rotatable bonds is 4. The number of nitrogens with one attached hydrogen (secondary N) is 1. The Morgan fingerprint density at radius 2 is 1.57 bits per heavy atom. The molecule has 202 valence electrons. The summed E-state index contributed by atoms with van der Waals surface area (Å²) < 4.78 is 134. The number of nitrogens with zero attached hydrogens (tertiary/aromatic N) is 1. The lowest BCUT2D eigenvalue weighted by Gasteiger charge is -2.42. The Morgan fingerprint density at radius 3 is 2.11 bits per heavy atom. The maximum Gasteiger partial charge on any atom is 0.437 e. The van der Waals surface area contributed by atoms with Gasteiger partial charge in [-0.3, -0.25) is 4.98 Å². The lowest BCUT2D eigenvalue weighted by Crippen LogP contribution is -2.52. The van der Waals surface area contributed by atoms with Crippen LogP contribution in [0.25, 0.3) is 0 Å². The van der Waals surface area contributed by atoms with E-state index in [4.69, 9.17) is 0 Å². The van der Waals surface area contributed by atoms with Gasteiger partial charge >= 0.3 is 24.1 Å². The van der Waals surface area contributed by atoms with Crippen LogP contribution in [-0.2, 0) is 26.7 Å². The summed E-state index contributed by atoms with van der Waals surface area (Å²) in [5.41, 5.74) is -8.53. The number of aromatic nitrogens is 1. The maximum atomic E-state index is 14.7. The van der Waals surface area contributed by atoms with Gasteiger partial charge in [0.2, 0.25) is 0 Å². The topological polar surface area (TPSA) is 96.4 Å². The molecule has 0 aliphatic heterocycles. The average molecular weight is 558 g/mol. The first-order chi connectivity index (χ1) is 17.0. The summed E-state index contributed by atoms with van der Waals surface area (Å²) in [6.45, 7) is 0. The van der Waals surface area contributed by atoms with Crippen LogP contribution in [-0.4, -0.2) is 43.0 Å². The first-order valence-corrected chi connectivity index (χ1v) is 12.3. The van der Waals surface area contributed by atoms with Gasteiger partial charge in [0.15, 0.2) is 9.84 Å². The van der Waals surface area contributed by atoms with Gasteiger partial charge in [0.1, 0.15) is 10.6 Å². The van der Waals surface area contributed by atoms with E-state index in [1.54, 1.807) is 0 Å². The fourth-order valence-corrected chi connectivity index (χ4v) is 7.95. The number of aryl methyl sites for hydroxylation is 1. The van der Waals surface area contributed by atoms with E-state index in [0.29, 0.717) is 6.07 Å². The molecule has 0 spiro atoms. The molecule has 1 heterocycles. The molecule has 4 rings (SSSR count). The van der Waals surface area contributed by atoms with Crippen molar-refractivity contribution in [1.29, 1.82) is 0 Å². The number of hydrogen-bond acceptors (Lipinski definition) is 4. The molecule has 1 saturated carbocycles. The maximum absolute atomic E-state index is 14.7. The molecular weight excluding hydrogens is 540 g/mol. The van der Waals surface area contributed by atoms with Crippen LogP contribution in [0.1, 0.15) is 36.2 Å². The summed E-state index contributed by atoms with van der Waals surface area (Å²) in [4.78, 5) is 14.3. The third kappa shape index (κ3) is 3.92. The number of pyridine rings is 1. The van der Waals surface area contributed by atoms with Crippen LogP contribution in [0.5, 0.6) is 0 Å². The van der Waals surface area contributed by atoms with E-state index in [9.17, 15) is 53.4 Å². The second kappa shape index (κ2) is 8.53. The van der Waals surface area contributed by atoms with Gasteiger partial charge in [-0.2, -0.15) is 26.3 Å². The molecule has 3 unspecified atom stereocenters. The molecule has 1 aromatic heterocycles. The zero-order chi connectivity index (χ0) is 27.6. The molecule has 2 N–H and O–H groups in total. The Hall–Kier alpha value is -2.97. The zero-order valence-electron chi connectivity index (χ0n) is 18.5. The largest absolute Gasteiger partial charge is 0.465 e. The second-order valence-electron chi connectivity index (χ2n) is 8.93. The highest BCUT2D eigenvalue weighted by atomic mass is 32.2. The Balaban J connectivity index is 1.95. The van der Waals surface area contributed by atoms with Crippen LogP contribution >= 0.6 is 0 Å². The predicted molar refractivity (Wildman–Crippen MR) is 110 cm³/mol. The van der Waals surface area contributed by atoms with Crippen molar-refractivity contribution >= 4 is 15.9 Å². The molecule has 1 aromatic carbocycles. The van der Waals surface area contributed by atoms with E-state index in [1.807, 2.05) is 0 Å². The van der Waals surface area contributed by atoms with Gasteiger partial charge in [-0.25, -0.2) is 22.0 Å². The molecule has 1 fully saturated rings. The number of carboxylic acid groups (broad SMARTS) is 1. The number of sulfone groups is 1. The quantitative estimate of drug-likeness (QED) is 0.399. The average Bonchev–Trinajstić information content (AvgIpc) is 3.16. The minimum Gasteiger partial charge on any atom is -0.465 e. The first kappa shape index (κ1) is 27.1. The number of benzene rings is 1. The van der Waals surface area contributed by atoms with E-state index in [1.165, 1.54) is 0 Å². The molecule has 6 nitrogen and oxygen atoms in total. The standard InChI is InChI=1S/C22H18F8N2O4S/c23-11-1-3-12(4-2-11)37(35,36)19-10-9-16(32-18(33)34)13(19)5-7-15-14(19)6-8-17(31-15)20(24,21(25,26)27)22(28,29)30/h1-4,6,8,13,16,32H,5,7,9-10H2,(H,33,34). The molecule has 0 radical (unpaired) electrons. The summed E-state index contributed by atoms with van der Waals surface area (Å²) in [5.74, 6) is -1.75. The Morgan fingerprint density at radius 1 is 0.973 bits per heavy atom. The minimum absolute atomic E-state index is 0.0310. The highest BCUT2D eigenvalue weighted by Gasteiger charge is 2.75. The van der Waals surface area contributed by atoms with Crippen molar-refractivity contribution in [1.82, 2.24) is 10.3 Å². The van der Waals surface area contributed by atoms with Gasteiger partial charge in [-0.15, -0.1) is 0 Å². The molecule has 2 aromatic rings. The third-order valence-electron chi connectivity index (χ3n) is 7.08. The van der Waals surface area contributed by atoms with Crippen LogP contribution in [0.3, 0.4) is 0 Å². The van der Waals surface area contributed by atoms with Crippen molar-refractivity contribution in [3.05, 3.63) is 59.2 Å². The Bertz CT molecular complexity index is 1310. The smallest absolute Gasteiger partial charge is 0.437 e. The highest BCUT2D eigenvalue weighted by molar-refractivity contribution is 7.92. The fraction of sp³-hybridized carbons (Fsp3) is 0.455. The predicted octanol–water partition coefficient (Wildman–Crippen LogP) is 5.17. The van der Waals surface area contributed by atoms with Gasteiger partial charge in [0.25, 0.3) is 0 Å². The number of fused-ring (bicyclic) bond motifs is 3. The first-order valence-electron chi connectivity index (χ1n) is 10.8. The van der Waals surface area contributed by atoms with Crippen molar-refractivity contribution in [3.63, 3.8) is 0 Å². The normalized spacial score (nSPS) is 24.3. The number of alkyl halides is 7. The lowest BCUT2D eigenvalue weighted by molar-refractivity contribution is -0.350. The van der Waals surface area contributed by atoms with Crippen LogP contribution in [0.2, 0.25) is 0 Å². The molecule has 3 atom stereocenters. The molecular formula is C22H18F8N2O4S. The Kier molecular flexibility index (Phi) is 6.24. The van der Waals surface area contributed by atoms with E-state index >= 15 is 0 Å². The minimum atomic E-state index is -6.41. The number of carbonyl (C=O) groups is 1. The molecule has 2 aliphatic carbocycles. The third-order valence-corrected chi connectivity index (χ3v) is 9.66. The summed E-state index contributed by atoms with van der Waals surface area (Å²) >= 11 is 0. The summed E-state index contributed by atoms with van der Waals surface area (Å²) in [7, 11) is -4.54. The number of amides is 1. The van der Waals surface area contributed by atoms with Gasteiger partial charge in [-0.05, 0) is 61.6 Å². The van der Waals surface area contributed by atoms with Gasteiger partial charge in [0, 0.05) is 17.7 Å². The van der Waals surface area contributed by atoms with E-state index < -0.39 is 72.8 Å². The van der Waals surface area contributed by atoms with Crippen molar-refractivity contribution in [2.24, 2.45) is 5.92 Å². The molecule has 15 heteroatoms. The molecule has 2 aliphatic rings. The zero-order valence-corrected chi connectivity index (χ0v) is 19.3. The lowest BCUT2D eigenvalue weighted by atomic mass is 9.76. The molecule has 37 heavy (non-hydrogen) atoms. The summed E-state index contributed by atoms with van der Waals surface area (Å²) in [6.07, 6.45) is -15.1.